The van der Waals surface area contributed by atoms with E-state index in [1.807, 2.05) is 17.0 Å². The van der Waals surface area contributed by atoms with E-state index in [9.17, 15) is 9.18 Å². The van der Waals surface area contributed by atoms with Crippen LogP contribution < -0.4 is 5.32 Å². The van der Waals surface area contributed by atoms with Gasteiger partial charge in [-0.2, -0.15) is 0 Å². The van der Waals surface area contributed by atoms with Gasteiger partial charge >= 0.3 is 6.03 Å². The Morgan fingerprint density at radius 1 is 1.00 bits per heavy atom. The summed E-state index contributed by atoms with van der Waals surface area (Å²) >= 11 is 0. The van der Waals surface area contributed by atoms with Crippen LogP contribution in [0, 0.1) is 12.7 Å². The zero-order valence-corrected chi connectivity index (χ0v) is 19.8. The molecule has 3 heterocycles. The van der Waals surface area contributed by atoms with Crippen molar-refractivity contribution in [3.63, 3.8) is 0 Å². The number of urea groups is 1. The van der Waals surface area contributed by atoms with Gasteiger partial charge in [0.05, 0.1) is 0 Å². The van der Waals surface area contributed by atoms with Gasteiger partial charge in [0.2, 0.25) is 0 Å². The van der Waals surface area contributed by atoms with Crippen LogP contribution in [0.15, 0.2) is 66.9 Å². The molecule has 0 radical (unpaired) electrons. The van der Waals surface area contributed by atoms with Crippen molar-refractivity contribution < 1.29 is 9.18 Å². The number of amides is 2. The Morgan fingerprint density at radius 3 is 2.57 bits per heavy atom. The summed E-state index contributed by atoms with van der Waals surface area (Å²) in [5.41, 5.74) is 4.82. The maximum atomic E-state index is 13.3. The molecule has 1 aliphatic heterocycles. The summed E-state index contributed by atoms with van der Waals surface area (Å²) in [5, 5.41) is 2.90. The highest BCUT2D eigenvalue weighted by molar-refractivity contribution is 5.77. The van der Waals surface area contributed by atoms with E-state index in [-0.39, 0.29) is 11.8 Å². The summed E-state index contributed by atoms with van der Waals surface area (Å²) in [7, 11) is 0. The largest absolute Gasteiger partial charge is 0.334 e. The first-order valence-electron chi connectivity index (χ1n) is 11.9. The van der Waals surface area contributed by atoms with Crippen LogP contribution in [0.2, 0.25) is 0 Å². The molecule has 1 N–H and O–H groups in total. The molecule has 1 saturated heterocycles. The molecule has 0 spiro atoms. The summed E-state index contributed by atoms with van der Waals surface area (Å²) in [4.78, 5) is 26.2. The molecule has 8 heteroatoms. The molecule has 0 atom stereocenters. The van der Waals surface area contributed by atoms with Gasteiger partial charge in [-0.1, -0.05) is 42.0 Å². The van der Waals surface area contributed by atoms with Gasteiger partial charge in [0.1, 0.15) is 17.2 Å². The predicted octanol–water partition coefficient (Wildman–Crippen LogP) is 4.07. The van der Waals surface area contributed by atoms with Gasteiger partial charge in [0.15, 0.2) is 5.65 Å². The van der Waals surface area contributed by atoms with Gasteiger partial charge in [-0.25, -0.2) is 19.2 Å². The topological polar surface area (TPSA) is 66.3 Å². The smallest absolute Gasteiger partial charge is 0.317 e. The van der Waals surface area contributed by atoms with Gasteiger partial charge in [-0.15, -0.1) is 0 Å². The number of rotatable bonds is 6. The number of hydrogen-bond acceptors (Lipinski definition) is 4. The minimum absolute atomic E-state index is 0.111. The van der Waals surface area contributed by atoms with Crippen molar-refractivity contribution in [2.45, 2.75) is 20.0 Å². The minimum atomic E-state index is -0.295. The van der Waals surface area contributed by atoms with E-state index >= 15 is 0 Å². The van der Waals surface area contributed by atoms with E-state index in [0.717, 1.165) is 54.3 Å². The number of imidazole rings is 1. The third kappa shape index (κ3) is 5.33. The first-order valence-corrected chi connectivity index (χ1v) is 11.9. The van der Waals surface area contributed by atoms with Gasteiger partial charge in [-0.3, -0.25) is 4.90 Å². The number of fused-ring (bicyclic) bond motifs is 1. The Labute approximate surface area is 204 Å². The van der Waals surface area contributed by atoms with Gasteiger partial charge in [0, 0.05) is 57.6 Å². The number of nitrogens with zero attached hydrogens (tertiary/aromatic N) is 5. The first kappa shape index (κ1) is 23.0. The van der Waals surface area contributed by atoms with Crippen LogP contribution in [0.1, 0.15) is 11.1 Å². The summed E-state index contributed by atoms with van der Waals surface area (Å²) in [6.45, 7) is 6.92. The normalized spacial score (nSPS) is 14.4. The Bertz CT molecular complexity index is 1310. The number of aromatic nitrogens is 3. The zero-order chi connectivity index (χ0) is 24.2. The van der Waals surface area contributed by atoms with Crippen molar-refractivity contribution >= 4 is 17.2 Å². The number of pyridine rings is 1. The molecule has 0 saturated carbocycles. The highest BCUT2D eigenvalue weighted by atomic mass is 19.1. The number of hydrogen-bond donors (Lipinski definition) is 1. The van der Waals surface area contributed by atoms with Crippen molar-refractivity contribution in [3.05, 3.63) is 83.8 Å². The second kappa shape index (κ2) is 10.2. The number of carbonyl (C=O) groups excluding carboxylic acids is 1. The van der Waals surface area contributed by atoms with Gasteiger partial charge in [0.25, 0.3) is 0 Å². The Balaban J connectivity index is 1.19. The van der Waals surface area contributed by atoms with Crippen LogP contribution in [0.25, 0.3) is 22.6 Å². The lowest BCUT2D eigenvalue weighted by Gasteiger charge is -2.34. The summed E-state index contributed by atoms with van der Waals surface area (Å²) in [6, 6.07) is 18.5. The molecule has 4 aromatic rings. The molecule has 2 aromatic carbocycles. The summed E-state index contributed by atoms with van der Waals surface area (Å²) < 4.78 is 15.5. The minimum Gasteiger partial charge on any atom is -0.334 e. The number of halogens is 1. The summed E-state index contributed by atoms with van der Waals surface area (Å²) in [5.74, 6) is 0.630. The quantitative estimate of drug-likeness (QED) is 0.459. The molecule has 2 amide bonds. The number of benzene rings is 2. The number of nitrogens with one attached hydrogen (secondary N) is 1. The molecule has 1 fully saturated rings. The molecule has 0 aliphatic carbocycles. The van der Waals surface area contributed by atoms with Gasteiger partial charge < -0.3 is 14.8 Å². The molecule has 35 heavy (non-hydrogen) atoms. The Morgan fingerprint density at radius 2 is 1.80 bits per heavy atom. The van der Waals surface area contributed by atoms with E-state index in [2.05, 4.69) is 51.0 Å². The number of aryl methyl sites for hydroxylation is 1. The van der Waals surface area contributed by atoms with Crippen molar-refractivity contribution in [2.75, 3.05) is 32.7 Å². The van der Waals surface area contributed by atoms with Crippen LogP contribution in [-0.4, -0.2) is 63.1 Å². The van der Waals surface area contributed by atoms with Crippen molar-refractivity contribution in [1.82, 2.24) is 29.7 Å². The van der Waals surface area contributed by atoms with Crippen molar-refractivity contribution in [2.24, 2.45) is 0 Å². The van der Waals surface area contributed by atoms with Crippen LogP contribution in [0.5, 0.6) is 0 Å². The standard InChI is InChI=1S/C27H29FN6O/c1-20-7-9-22(10-8-20)25-31-24-6-3-11-29-26(24)34(25)17-14-32-12-15-33(16-13-32)27(35)30-19-21-4-2-5-23(28)18-21/h2-11,18H,12-17,19H2,1H3,(H,30,35). The highest BCUT2D eigenvalue weighted by Crippen LogP contribution is 2.24. The fraction of sp³-hybridized carbons (Fsp3) is 0.296. The lowest BCUT2D eigenvalue weighted by molar-refractivity contribution is 0.137. The highest BCUT2D eigenvalue weighted by Gasteiger charge is 2.22. The van der Waals surface area contributed by atoms with E-state index in [4.69, 9.17) is 4.98 Å². The average Bonchev–Trinajstić information content (AvgIpc) is 3.25. The Kier molecular flexibility index (Phi) is 6.72. The van der Waals surface area contributed by atoms with E-state index < -0.39 is 0 Å². The third-order valence-corrected chi connectivity index (χ3v) is 6.45. The second-order valence-electron chi connectivity index (χ2n) is 8.92. The van der Waals surface area contributed by atoms with Crippen molar-refractivity contribution in [3.8, 4) is 11.4 Å². The molecule has 180 valence electrons. The molecule has 0 unspecified atom stereocenters. The molecule has 0 bridgehead atoms. The molecular formula is C27H29FN6O. The van der Waals surface area contributed by atoms with Gasteiger partial charge in [-0.05, 0) is 36.8 Å². The third-order valence-electron chi connectivity index (χ3n) is 6.45. The first-order chi connectivity index (χ1) is 17.1. The number of piperazine rings is 1. The zero-order valence-electron chi connectivity index (χ0n) is 19.8. The number of carbonyl (C=O) groups is 1. The van der Waals surface area contributed by atoms with E-state index in [0.29, 0.717) is 19.6 Å². The van der Waals surface area contributed by atoms with Crippen LogP contribution in [0.3, 0.4) is 0 Å². The lowest BCUT2D eigenvalue weighted by atomic mass is 10.1. The van der Waals surface area contributed by atoms with E-state index in [1.165, 1.54) is 17.7 Å². The van der Waals surface area contributed by atoms with Crippen molar-refractivity contribution in [1.29, 1.82) is 0 Å². The predicted molar refractivity (Wildman–Crippen MR) is 134 cm³/mol. The molecule has 2 aromatic heterocycles. The van der Waals surface area contributed by atoms with Crippen LogP contribution >= 0.6 is 0 Å². The summed E-state index contributed by atoms with van der Waals surface area (Å²) in [6.07, 6.45) is 1.81. The maximum absolute atomic E-state index is 13.3. The van der Waals surface area contributed by atoms with E-state index in [1.54, 1.807) is 18.3 Å². The lowest BCUT2D eigenvalue weighted by Crippen LogP contribution is -2.52. The van der Waals surface area contributed by atoms with Crippen LogP contribution in [-0.2, 0) is 13.1 Å². The monoisotopic (exact) mass is 472 g/mol. The fourth-order valence-electron chi connectivity index (χ4n) is 4.45. The Hall–Kier alpha value is -3.78. The second-order valence-corrected chi connectivity index (χ2v) is 8.92. The average molecular weight is 473 g/mol. The SMILES string of the molecule is Cc1ccc(-c2nc3cccnc3n2CCN2CCN(C(=O)NCc3cccc(F)c3)CC2)cc1. The maximum Gasteiger partial charge on any atom is 0.317 e. The molecule has 1 aliphatic rings. The molecule has 5 rings (SSSR count). The molecule has 7 nitrogen and oxygen atoms in total. The fourth-order valence-corrected chi connectivity index (χ4v) is 4.45. The molecular weight excluding hydrogens is 443 g/mol. The van der Waals surface area contributed by atoms with Crippen LogP contribution in [0.4, 0.5) is 9.18 Å².